The summed E-state index contributed by atoms with van der Waals surface area (Å²) in [7, 11) is 0. The van der Waals surface area contributed by atoms with Crippen molar-refractivity contribution in [1.82, 2.24) is 24.8 Å². The number of nitrogens with zero attached hydrogens (tertiary/aromatic N) is 5. The van der Waals surface area contributed by atoms with Crippen molar-refractivity contribution < 1.29 is 9.05 Å². The van der Waals surface area contributed by atoms with Gasteiger partial charge in [0.2, 0.25) is 5.82 Å². The van der Waals surface area contributed by atoms with Gasteiger partial charge in [-0.3, -0.25) is 0 Å². The summed E-state index contributed by atoms with van der Waals surface area (Å²) in [6.45, 7) is 0.711. The molecule has 5 rings (SSSR count). The average molecular weight is 343 g/mol. The molecular weight excluding hydrogens is 330 g/mol. The second-order valence-corrected chi connectivity index (χ2v) is 5.87. The second-order valence-electron chi connectivity index (χ2n) is 5.87. The number of hydrogen-bond acceptors (Lipinski definition) is 6. The first-order valence-electron chi connectivity index (χ1n) is 8.10. The average Bonchev–Trinajstić information content (AvgIpc) is 3.43. The number of hydrogen-bond donors (Lipinski definition) is 0. The highest BCUT2D eigenvalue weighted by Crippen LogP contribution is 2.22. The lowest BCUT2D eigenvalue weighted by atomic mass is 10.1. The Morgan fingerprint density at radius 1 is 0.962 bits per heavy atom. The van der Waals surface area contributed by atoms with Gasteiger partial charge < -0.3 is 13.6 Å². The zero-order chi connectivity index (χ0) is 17.3. The fraction of sp³-hybridized carbons (Fsp3) is 0.0526. The third-order valence-electron chi connectivity index (χ3n) is 4.15. The molecule has 5 aromatic rings. The van der Waals surface area contributed by atoms with Gasteiger partial charge in [-0.2, -0.15) is 4.98 Å². The van der Waals surface area contributed by atoms with Crippen LogP contribution in [0.2, 0.25) is 0 Å². The van der Waals surface area contributed by atoms with E-state index in [9.17, 15) is 0 Å². The summed E-state index contributed by atoms with van der Waals surface area (Å²) in [5.74, 6) is 0.847. The predicted octanol–water partition coefficient (Wildman–Crippen LogP) is 3.79. The largest absolute Gasteiger partial charge is 0.364 e. The summed E-state index contributed by atoms with van der Waals surface area (Å²) < 4.78 is 12.2. The van der Waals surface area contributed by atoms with Gasteiger partial charge >= 0.3 is 0 Å². The number of benzene rings is 2. The van der Waals surface area contributed by atoms with Crippen LogP contribution < -0.4 is 0 Å². The third-order valence-corrected chi connectivity index (χ3v) is 4.15. The summed E-state index contributed by atoms with van der Waals surface area (Å²) in [4.78, 5) is 8.83. The van der Waals surface area contributed by atoms with Gasteiger partial charge in [-0.1, -0.05) is 40.6 Å². The summed E-state index contributed by atoms with van der Waals surface area (Å²) >= 11 is 0. The molecular formula is C19H13N5O2. The molecule has 0 amide bonds. The number of para-hydroxylation sites is 2. The molecule has 0 atom stereocenters. The van der Waals surface area contributed by atoms with E-state index in [2.05, 4.69) is 37.0 Å². The van der Waals surface area contributed by atoms with Crippen molar-refractivity contribution in [2.24, 2.45) is 0 Å². The van der Waals surface area contributed by atoms with Gasteiger partial charge in [0, 0.05) is 18.2 Å². The van der Waals surface area contributed by atoms with Crippen molar-refractivity contribution >= 4 is 11.0 Å². The first-order valence-corrected chi connectivity index (χ1v) is 8.10. The van der Waals surface area contributed by atoms with Gasteiger partial charge in [0.25, 0.3) is 5.89 Å². The van der Waals surface area contributed by atoms with Crippen LogP contribution in [0, 0.1) is 0 Å². The van der Waals surface area contributed by atoms with Gasteiger partial charge in [-0.05, 0) is 23.8 Å². The number of rotatable bonds is 4. The molecule has 3 aromatic heterocycles. The highest BCUT2D eigenvalue weighted by molar-refractivity contribution is 5.75. The zero-order valence-corrected chi connectivity index (χ0v) is 13.6. The number of imidazole rings is 1. The Hall–Kier alpha value is -3.74. The Bertz CT molecular complexity index is 1170. The van der Waals surface area contributed by atoms with Crippen LogP contribution >= 0.6 is 0 Å². The second kappa shape index (κ2) is 5.96. The van der Waals surface area contributed by atoms with Crippen molar-refractivity contribution in [2.75, 3.05) is 0 Å². The predicted molar refractivity (Wildman–Crippen MR) is 94.1 cm³/mol. The first-order chi connectivity index (χ1) is 12.9. The van der Waals surface area contributed by atoms with Crippen molar-refractivity contribution in [3.05, 3.63) is 72.8 Å². The highest BCUT2D eigenvalue weighted by Gasteiger charge is 2.13. The van der Waals surface area contributed by atoms with E-state index in [4.69, 9.17) is 9.05 Å². The summed E-state index contributed by atoms with van der Waals surface area (Å²) in [6, 6.07) is 17.8. The molecule has 0 unspecified atom stereocenters. The molecule has 0 N–H and O–H groups in total. The van der Waals surface area contributed by atoms with Crippen LogP contribution in [0.1, 0.15) is 5.56 Å². The van der Waals surface area contributed by atoms with Crippen molar-refractivity contribution in [2.45, 2.75) is 6.54 Å². The van der Waals surface area contributed by atoms with Gasteiger partial charge in [-0.15, -0.1) is 0 Å². The van der Waals surface area contributed by atoms with E-state index in [0.717, 1.165) is 22.2 Å². The SMILES string of the molecule is c1cc(Cn2cnc3ccccc32)cc(-c2noc(-c3ccon3)n2)c1. The van der Waals surface area contributed by atoms with E-state index in [-0.39, 0.29) is 0 Å². The molecule has 0 saturated heterocycles. The monoisotopic (exact) mass is 343 g/mol. The maximum Gasteiger partial charge on any atom is 0.280 e. The quantitative estimate of drug-likeness (QED) is 0.494. The Morgan fingerprint density at radius 3 is 2.85 bits per heavy atom. The summed E-state index contributed by atoms with van der Waals surface area (Å²) in [6.07, 6.45) is 3.32. The molecule has 3 heterocycles. The molecule has 0 spiro atoms. The number of fused-ring (bicyclic) bond motifs is 1. The maximum atomic E-state index is 5.27. The first kappa shape index (κ1) is 14.6. The van der Waals surface area contributed by atoms with E-state index in [0.29, 0.717) is 24.0 Å². The normalized spacial score (nSPS) is 11.2. The van der Waals surface area contributed by atoms with Crippen molar-refractivity contribution in [3.63, 3.8) is 0 Å². The number of aromatic nitrogens is 5. The molecule has 0 aliphatic carbocycles. The fourth-order valence-corrected chi connectivity index (χ4v) is 2.91. The summed E-state index contributed by atoms with van der Waals surface area (Å²) in [5.41, 5.74) is 4.61. The Kier molecular flexibility index (Phi) is 3.35. The molecule has 0 radical (unpaired) electrons. The molecule has 0 aliphatic rings. The molecule has 0 aliphatic heterocycles. The smallest absolute Gasteiger partial charge is 0.280 e. The van der Waals surface area contributed by atoms with Crippen molar-refractivity contribution in [1.29, 1.82) is 0 Å². The minimum atomic E-state index is 0.333. The molecule has 7 heteroatoms. The van der Waals surface area contributed by atoms with Crippen LogP contribution in [0.5, 0.6) is 0 Å². The minimum absolute atomic E-state index is 0.333. The topological polar surface area (TPSA) is 82.8 Å². The van der Waals surface area contributed by atoms with E-state index in [1.165, 1.54) is 6.26 Å². The van der Waals surface area contributed by atoms with Crippen LogP contribution in [0.15, 0.2) is 76.2 Å². The van der Waals surface area contributed by atoms with Crippen LogP contribution in [-0.2, 0) is 6.54 Å². The Morgan fingerprint density at radius 2 is 1.92 bits per heavy atom. The molecule has 2 aromatic carbocycles. The van der Waals surface area contributed by atoms with E-state index >= 15 is 0 Å². The van der Waals surface area contributed by atoms with E-state index < -0.39 is 0 Å². The van der Waals surface area contributed by atoms with Gasteiger partial charge in [0.05, 0.1) is 17.4 Å². The van der Waals surface area contributed by atoms with Crippen molar-refractivity contribution in [3.8, 4) is 23.0 Å². The van der Waals surface area contributed by atoms with E-state index in [1.807, 2.05) is 42.7 Å². The Balaban J connectivity index is 1.46. The minimum Gasteiger partial charge on any atom is -0.364 e. The fourth-order valence-electron chi connectivity index (χ4n) is 2.91. The summed E-state index contributed by atoms with van der Waals surface area (Å²) in [5, 5.41) is 7.85. The Labute approximate surface area is 147 Å². The zero-order valence-electron chi connectivity index (χ0n) is 13.6. The lowest BCUT2D eigenvalue weighted by molar-refractivity contribution is 0.405. The molecule has 26 heavy (non-hydrogen) atoms. The molecule has 126 valence electrons. The van der Waals surface area contributed by atoms with Crippen LogP contribution in [0.25, 0.3) is 34.0 Å². The standard InChI is InChI=1S/C19H13N5O2/c1-2-7-17-15(6-1)20-12-24(17)11-13-4-3-5-14(10-13)18-21-19(26-23-18)16-8-9-25-22-16/h1-10,12H,11H2. The van der Waals surface area contributed by atoms with Gasteiger partial charge in [0.1, 0.15) is 6.26 Å². The van der Waals surface area contributed by atoms with Crippen LogP contribution in [0.4, 0.5) is 0 Å². The molecule has 0 fully saturated rings. The third kappa shape index (κ3) is 2.55. The molecule has 0 bridgehead atoms. The van der Waals surface area contributed by atoms with Crippen LogP contribution in [0.3, 0.4) is 0 Å². The van der Waals surface area contributed by atoms with E-state index in [1.54, 1.807) is 6.07 Å². The van der Waals surface area contributed by atoms with Gasteiger partial charge in [0.15, 0.2) is 5.69 Å². The molecule has 7 nitrogen and oxygen atoms in total. The van der Waals surface area contributed by atoms with Crippen LogP contribution in [-0.4, -0.2) is 24.8 Å². The highest BCUT2D eigenvalue weighted by atomic mass is 16.5. The molecule has 0 saturated carbocycles. The van der Waals surface area contributed by atoms with Gasteiger partial charge in [-0.25, -0.2) is 4.98 Å². The lowest BCUT2D eigenvalue weighted by Gasteiger charge is -2.05. The maximum absolute atomic E-state index is 5.27. The lowest BCUT2D eigenvalue weighted by Crippen LogP contribution is -1.98.